The van der Waals surface area contributed by atoms with Crippen LogP contribution in [-0.4, -0.2) is 40.6 Å². The number of rotatable bonds is 4. The Balaban J connectivity index is 1.55. The second kappa shape index (κ2) is 8.73. The minimum Gasteiger partial charge on any atom is -0.508 e. The molecule has 8 atom stereocenters. The smallest absolute Gasteiger partial charge is 0.116 e. The molecule has 0 unspecified atom stereocenters. The van der Waals surface area contributed by atoms with Gasteiger partial charge in [-0.25, -0.2) is 0 Å². The zero-order chi connectivity index (χ0) is 25.3. The molecule has 5 bridgehead atoms. The maximum absolute atomic E-state index is 10.6. The second-order valence-electron chi connectivity index (χ2n) is 13.1. The summed E-state index contributed by atoms with van der Waals surface area (Å²) >= 11 is 0. The van der Waals surface area contributed by atoms with Crippen molar-refractivity contribution in [2.24, 2.45) is 41.2 Å². The Morgan fingerprint density at radius 2 is 2.03 bits per heavy atom. The van der Waals surface area contributed by atoms with E-state index in [1.165, 1.54) is 43.2 Å². The maximum atomic E-state index is 10.6. The topological polar surface area (TPSA) is 87.7 Å². The molecule has 7 rings (SSSR count). The van der Waals surface area contributed by atoms with E-state index in [0.29, 0.717) is 42.3 Å². The summed E-state index contributed by atoms with van der Waals surface area (Å²) in [6.45, 7) is 5.32. The number of aromatic hydroxyl groups is 1. The van der Waals surface area contributed by atoms with Crippen LogP contribution < -0.4 is 11.1 Å². The van der Waals surface area contributed by atoms with Crippen LogP contribution in [0.25, 0.3) is 0 Å². The first-order chi connectivity index (χ1) is 17.2. The fraction of sp³-hybridized carbons (Fsp3) is 0.742. The van der Waals surface area contributed by atoms with Gasteiger partial charge in [0, 0.05) is 31.0 Å². The molecule has 5 fully saturated rings. The molecule has 1 aromatic carbocycles. The molecule has 2 aliphatic heterocycles. The van der Waals surface area contributed by atoms with Gasteiger partial charge in [0.1, 0.15) is 5.75 Å². The zero-order valence-corrected chi connectivity index (χ0v) is 22.3. The minimum atomic E-state index is -0.554. The molecule has 6 aliphatic rings. The normalized spacial score (nSPS) is 42.0. The number of hydrogen-bond donors (Lipinski definition) is 4. The highest BCUT2D eigenvalue weighted by atomic mass is 16.5. The highest BCUT2D eigenvalue weighted by molar-refractivity contribution is 5.45. The molecule has 5 heteroatoms. The van der Waals surface area contributed by atoms with Gasteiger partial charge in [0.15, 0.2) is 0 Å². The predicted molar refractivity (Wildman–Crippen MR) is 141 cm³/mol. The number of phenols is 1. The SMILES string of the molecule is CNCc1cc(O)cc2c1C[C@H]1CCC[C@@H]3[C@@H]1CC[C@H]1C[C@H]4C(C)(C)O[C@]13[C@@H](C#CC2)[C@]4(N)CCO. The van der Waals surface area contributed by atoms with Gasteiger partial charge in [-0.3, -0.25) is 0 Å². The summed E-state index contributed by atoms with van der Waals surface area (Å²) in [4.78, 5) is 0. The number of aliphatic hydroxyl groups is 1. The van der Waals surface area contributed by atoms with Crippen molar-refractivity contribution in [3.05, 3.63) is 28.8 Å². The second-order valence-corrected chi connectivity index (χ2v) is 13.1. The number of nitrogens with one attached hydrogen (secondary N) is 1. The first kappa shape index (κ1) is 24.7. The molecule has 4 aliphatic carbocycles. The van der Waals surface area contributed by atoms with Gasteiger partial charge in [-0.15, -0.1) is 0 Å². The molecule has 1 aromatic rings. The molecular weight excluding hydrogens is 448 g/mol. The molecule has 1 spiro atoms. The third kappa shape index (κ3) is 3.44. The van der Waals surface area contributed by atoms with Gasteiger partial charge in [-0.2, -0.15) is 0 Å². The summed E-state index contributed by atoms with van der Waals surface area (Å²) in [5.41, 5.74) is 9.96. The van der Waals surface area contributed by atoms with Crippen LogP contribution in [0.2, 0.25) is 0 Å². The molecule has 5 nitrogen and oxygen atoms in total. The molecule has 5 N–H and O–H groups in total. The number of ether oxygens (including phenoxy) is 1. The van der Waals surface area contributed by atoms with Gasteiger partial charge in [0.05, 0.1) is 17.1 Å². The van der Waals surface area contributed by atoms with E-state index in [1.54, 1.807) is 0 Å². The van der Waals surface area contributed by atoms with E-state index in [2.05, 4.69) is 31.0 Å². The number of hydrogen-bond acceptors (Lipinski definition) is 5. The van der Waals surface area contributed by atoms with Crippen LogP contribution in [-0.2, 0) is 24.1 Å². The number of fused-ring (bicyclic) bond motifs is 2. The molecule has 0 amide bonds. The Hall–Kier alpha value is -1.58. The van der Waals surface area contributed by atoms with Crippen molar-refractivity contribution in [2.75, 3.05) is 13.7 Å². The van der Waals surface area contributed by atoms with Gasteiger partial charge in [-0.1, -0.05) is 18.3 Å². The highest BCUT2D eigenvalue weighted by Gasteiger charge is 2.73. The first-order valence-corrected chi connectivity index (χ1v) is 14.3. The van der Waals surface area contributed by atoms with Gasteiger partial charge in [-0.05, 0) is 118 Å². The lowest BCUT2D eigenvalue weighted by molar-refractivity contribution is -0.346. The van der Waals surface area contributed by atoms with E-state index in [-0.39, 0.29) is 29.6 Å². The number of nitrogens with two attached hydrogens (primary N) is 1. The minimum absolute atomic E-state index is 0.0730. The molecular formula is C31H44N2O3. The predicted octanol–water partition coefficient (Wildman–Crippen LogP) is 3.92. The van der Waals surface area contributed by atoms with Crippen LogP contribution in [0.1, 0.15) is 75.5 Å². The number of aliphatic hydroxyl groups excluding tert-OH is 1. The van der Waals surface area contributed by atoms with Crippen LogP contribution >= 0.6 is 0 Å². The summed E-state index contributed by atoms with van der Waals surface area (Å²) in [6, 6.07) is 3.88. The van der Waals surface area contributed by atoms with Gasteiger partial charge in [0.25, 0.3) is 0 Å². The fourth-order valence-corrected chi connectivity index (χ4v) is 9.90. The monoisotopic (exact) mass is 492 g/mol. The van der Waals surface area contributed by atoms with E-state index in [0.717, 1.165) is 24.9 Å². The van der Waals surface area contributed by atoms with Crippen molar-refractivity contribution in [3.63, 3.8) is 0 Å². The quantitative estimate of drug-likeness (QED) is 0.479. The highest BCUT2D eigenvalue weighted by Crippen LogP contribution is 2.68. The first-order valence-electron chi connectivity index (χ1n) is 14.3. The lowest BCUT2D eigenvalue weighted by Gasteiger charge is -2.73. The Labute approximate surface area is 216 Å². The summed E-state index contributed by atoms with van der Waals surface area (Å²) < 4.78 is 7.34. The molecule has 3 saturated carbocycles. The summed E-state index contributed by atoms with van der Waals surface area (Å²) in [5.74, 6) is 9.92. The van der Waals surface area contributed by atoms with Crippen molar-refractivity contribution in [1.29, 1.82) is 0 Å². The van der Waals surface area contributed by atoms with Gasteiger partial charge >= 0.3 is 0 Å². The maximum Gasteiger partial charge on any atom is 0.116 e. The summed E-state index contributed by atoms with van der Waals surface area (Å²) in [5, 5.41) is 24.1. The molecule has 36 heavy (non-hydrogen) atoms. The Morgan fingerprint density at radius 3 is 2.81 bits per heavy atom. The van der Waals surface area contributed by atoms with E-state index in [4.69, 9.17) is 10.5 Å². The van der Waals surface area contributed by atoms with Crippen LogP contribution in [0.3, 0.4) is 0 Å². The van der Waals surface area contributed by atoms with E-state index < -0.39 is 5.54 Å². The fourth-order valence-electron chi connectivity index (χ4n) is 9.90. The van der Waals surface area contributed by atoms with Gasteiger partial charge < -0.3 is 26.0 Å². The zero-order valence-electron chi connectivity index (χ0n) is 22.3. The largest absolute Gasteiger partial charge is 0.508 e. The van der Waals surface area contributed by atoms with Crippen LogP contribution in [0, 0.1) is 47.3 Å². The van der Waals surface area contributed by atoms with E-state index in [9.17, 15) is 10.2 Å². The van der Waals surface area contributed by atoms with Gasteiger partial charge in [0.2, 0.25) is 0 Å². The average molecular weight is 493 g/mol. The van der Waals surface area contributed by atoms with Crippen molar-refractivity contribution in [1.82, 2.24) is 5.32 Å². The molecule has 2 saturated heterocycles. The van der Waals surface area contributed by atoms with Crippen molar-refractivity contribution < 1.29 is 14.9 Å². The Morgan fingerprint density at radius 1 is 1.19 bits per heavy atom. The third-order valence-electron chi connectivity index (χ3n) is 11.0. The number of phenolic OH excluding ortho intramolecular Hbond substituents is 1. The lowest BCUT2D eigenvalue weighted by atomic mass is 9.41. The molecule has 0 radical (unpaired) electrons. The Bertz CT molecular complexity index is 1090. The molecule has 196 valence electrons. The summed E-state index contributed by atoms with van der Waals surface area (Å²) in [7, 11) is 1.97. The van der Waals surface area contributed by atoms with Crippen LogP contribution in [0.5, 0.6) is 5.75 Å². The molecule has 0 aromatic heterocycles. The van der Waals surface area contributed by atoms with Crippen LogP contribution in [0.4, 0.5) is 0 Å². The van der Waals surface area contributed by atoms with E-state index >= 15 is 0 Å². The average Bonchev–Trinajstić information content (AvgIpc) is 2.82. The Kier molecular flexibility index (Phi) is 6.00. The van der Waals surface area contributed by atoms with Crippen molar-refractivity contribution in [2.45, 2.75) is 94.9 Å². The standard InChI is InChI=1S/C31H44N2O3/c1-29(2)28-17-22-10-11-24-20-6-4-8-26(24)31(22,36-29)27(30(28,32)12-13-34)9-5-7-19-14-23(35)15-21(18-33-3)25(19)16-20/h14-15,20,22,24,26-28,33-35H,4,6-8,10-13,16-18,32H2,1-3H3/t20-,22+,24-,26-,27+,28+,30-,31-/m1/s1. The van der Waals surface area contributed by atoms with Crippen molar-refractivity contribution in [3.8, 4) is 17.6 Å². The van der Waals surface area contributed by atoms with E-state index in [1.807, 2.05) is 19.2 Å². The van der Waals surface area contributed by atoms with Crippen LogP contribution in [0.15, 0.2) is 12.1 Å². The molecule has 2 heterocycles. The third-order valence-corrected chi connectivity index (χ3v) is 11.0. The summed E-state index contributed by atoms with van der Waals surface area (Å²) in [6.07, 6.45) is 9.47. The lowest BCUT2D eigenvalue weighted by Crippen LogP contribution is -2.81. The van der Waals surface area contributed by atoms with Crippen molar-refractivity contribution >= 4 is 0 Å². The number of benzene rings is 1.